The van der Waals surface area contributed by atoms with E-state index < -0.39 is 0 Å². The molecule has 4 nitrogen and oxygen atoms in total. The lowest BCUT2D eigenvalue weighted by atomic mass is 9.89. The Labute approximate surface area is 103 Å². The molecule has 1 aromatic heterocycles. The normalized spacial score (nSPS) is 32.6. The summed E-state index contributed by atoms with van der Waals surface area (Å²) in [5.74, 6) is 0.932. The summed E-state index contributed by atoms with van der Waals surface area (Å²) in [5, 5.41) is 12.1. The number of hydrogen-bond acceptors (Lipinski definition) is 3. The highest BCUT2D eigenvalue weighted by Crippen LogP contribution is 2.37. The molecule has 1 saturated carbocycles. The minimum Gasteiger partial charge on any atom is -0.306 e. The molecule has 94 valence electrons. The Morgan fingerprint density at radius 3 is 3.18 bits per heavy atom. The van der Waals surface area contributed by atoms with Gasteiger partial charge >= 0.3 is 0 Å². The fourth-order valence-electron chi connectivity index (χ4n) is 3.48. The van der Waals surface area contributed by atoms with Gasteiger partial charge in [-0.1, -0.05) is 18.6 Å². The Bertz CT molecular complexity index is 373. The molecule has 1 aromatic rings. The van der Waals surface area contributed by atoms with Crippen molar-refractivity contribution in [3.63, 3.8) is 0 Å². The average Bonchev–Trinajstić information content (AvgIpc) is 2.96. The topological polar surface area (TPSA) is 42.7 Å². The lowest BCUT2D eigenvalue weighted by molar-refractivity contribution is 0.252. The van der Waals surface area contributed by atoms with E-state index in [1.54, 1.807) is 0 Å². The van der Waals surface area contributed by atoms with Crippen LogP contribution in [-0.4, -0.2) is 21.0 Å². The van der Waals surface area contributed by atoms with E-state index in [2.05, 4.69) is 27.2 Å². The van der Waals surface area contributed by atoms with E-state index in [0.717, 1.165) is 24.9 Å². The molecule has 2 fully saturated rings. The molecule has 17 heavy (non-hydrogen) atoms. The van der Waals surface area contributed by atoms with Crippen LogP contribution in [0.1, 0.15) is 57.2 Å². The van der Waals surface area contributed by atoms with Crippen molar-refractivity contribution in [3.8, 4) is 0 Å². The van der Waals surface area contributed by atoms with Crippen LogP contribution in [-0.2, 0) is 6.54 Å². The smallest absolute Gasteiger partial charge is 0.0756 e. The van der Waals surface area contributed by atoms with Gasteiger partial charge < -0.3 is 5.32 Å². The maximum atomic E-state index is 4.19. The standard InChI is InChI=1S/C13H22N4/c1-2-8-17-13(9-14-16-17)12-7-6-10-4-3-5-11(10)15-12/h9-12,15H,2-8H2,1H3. The number of aryl methyl sites for hydroxylation is 1. The van der Waals surface area contributed by atoms with Gasteiger partial charge in [-0.25, -0.2) is 4.68 Å². The van der Waals surface area contributed by atoms with Gasteiger partial charge in [-0.15, -0.1) is 5.10 Å². The molecule has 4 heteroatoms. The Morgan fingerprint density at radius 1 is 1.35 bits per heavy atom. The zero-order valence-electron chi connectivity index (χ0n) is 10.6. The predicted octanol–water partition coefficient (Wildman–Crippen LogP) is 2.28. The van der Waals surface area contributed by atoms with Crippen molar-refractivity contribution in [1.29, 1.82) is 0 Å². The van der Waals surface area contributed by atoms with Crippen LogP contribution in [0.3, 0.4) is 0 Å². The van der Waals surface area contributed by atoms with Gasteiger partial charge in [0.05, 0.1) is 17.9 Å². The second-order valence-corrected chi connectivity index (χ2v) is 5.48. The fraction of sp³-hybridized carbons (Fsp3) is 0.846. The van der Waals surface area contributed by atoms with Crippen molar-refractivity contribution < 1.29 is 0 Å². The van der Waals surface area contributed by atoms with Crippen molar-refractivity contribution in [2.45, 2.75) is 64.1 Å². The minimum atomic E-state index is 0.482. The highest BCUT2D eigenvalue weighted by Gasteiger charge is 2.34. The van der Waals surface area contributed by atoms with E-state index >= 15 is 0 Å². The van der Waals surface area contributed by atoms with E-state index in [-0.39, 0.29) is 0 Å². The van der Waals surface area contributed by atoms with Crippen LogP contribution < -0.4 is 5.32 Å². The van der Waals surface area contributed by atoms with Crippen molar-refractivity contribution in [1.82, 2.24) is 20.3 Å². The molecule has 1 N–H and O–H groups in total. The van der Waals surface area contributed by atoms with Gasteiger partial charge in [0, 0.05) is 12.6 Å². The number of aromatic nitrogens is 3. The van der Waals surface area contributed by atoms with E-state index in [9.17, 15) is 0 Å². The molecule has 2 aliphatic rings. The quantitative estimate of drug-likeness (QED) is 0.872. The Hall–Kier alpha value is -0.900. The monoisotopic (exact) mass is 234 g/mol. The second-order valence-electron chi connectivity index (χ2n) is 5.48. The zero-order valence-corrected chi connectivity index (χ0v) is 10.6. The first kappa shape index (κ1) is 11.2. The van der Waals surface area contributed by atoms with E-state index in [0.29, 0.717) is 6.04 Å². The third-order valence-corrected chi connectivity index (χ3v) is 4.34. The van der Waals surface area contributed by atoms with Gasteiger partial charge in [0.2, 0.25) is 0 Å². The molecular formula is C13H22N4. The largest absolute Gasteiger partial charge is 0.306 e. The Morgan fingerprint density at radius 2 is 2.29 bits per heavy atom. The maximum Gasteiger partial charge on any atom is 0.0756 e. The van der Waals surface area contributed by atoms with Crippen molar-refractivity contribution in [3.05, 3.63) is 11.9 Å². The fourth-order valence-corrected chi connectivity index (χ4v) is 3.48. The summed E-state index contributed by atoms with van der Waals surface area (Å²) in [6, 6.07) is 1.23. The predicted molar refractivity (Wildman–Crippen MR) is 66.6 cm³/mol. The van der Waals surface area contributed by atoms with Crippen molar-refractivity contribution in [2.75, 3.05) is 0 Å². The molecule has 1 aliphatic carbocycles. The first-order valence-corrected chi connectivity index (χ1v) is 7.03. The molecule has 2 heterocycles. The molecule has 1 saturated heterocycles. The highest BCUT2D eigenvalue weighted by molar-refractivity contribution is 5.06. The first-order valence-electron chi connectivity index (χ1n) is 7.03. The first-order chi connectivity index (χ1) is 8.38. The number of rotatable bonds is 3. The summed E-state index contributed by atoms with van der Waals surface area (Å²) in [7, 11) is 0. The van der Waals surface area contributed by atoms with E-state index in [1.165, 1.54) is 37.8 Å². The van der Waals surface area contributed by atoms with Crippen LogP contribution >= 0.6 is 0 Å². The second kappa shape index (κ2) is 4.77. The Kier molecular flexibility index (Phi) is 3.14. The van der Waals surface area contributed by atoms with Gasteiger partial charge in [-0.3, -0.25) is 0 Å². The van der Waals surface area contributed by atoms with Crippen LogP contribution in [0.4, 0.5) is 0 Å². The third kappa shape index (κ3) is 2.10. The maximum absolute atomic E-state index is 4.19. The summed E-state index contributed by atoms with van der Waals surface area (Å²) in [6.45, 7) is 3.17. The molecule has 0 aromatic carbocycles. The van der Waals surface area contributed by atoms with Crippen LogP contribution in [0.15, 0.2) is 6.20 Å². The van der Waals surface area contributed by atoms with Crippen molar-refractivity contribution in [2.24, 2.45) is 5.92 Å². The van der Waals surface area contributed by atoms with Crippen molar-refractivity contribution >= 4 is 0 Å². The molecular weight excluding hydrogens is 212 g/mol. The lowest BCUT2D eigenvalue weighted by Crippen LogP contribution is -2.41. The van der Waals surface area contributed by atoms with E-state index in [4.69, 9.17) is 0 Å². The minimum absolute atomic E-state index is 0.482. The molecule has 0 amide bonds. The zero-order chi connectivity index (χ0) is 11.7. The molecule has 3 unspecified atom stereocenters. The number of nitrogens with zero attached hydrogens (tertiary/aromatic N) is 3. The highest BCUT2D eigenvalue weighted by atomic mass is 15.4. The van der Waals surface area contributed by atoms with E-state index in [1.807, 2.05) is 6.20 Å². The van der Waals surface area contributed by atoms with Crippen LogP contribution in [0.2, 0.25) is 0 Å². The molecule has 3 atom stereocenters. The summed E-state index contributed by atoms with van der Waals surface area (Å²) in [5.41, 5.74) is 1.29. The molecule has 0 spiro atoms. The number of hydrogen-bond donors (Lipinski definition) is 1. The van der Waals surface area contributed by atoms with Gasteiger partial charge in [0.15, 0.2) is 0 Å². The summed E-state index contributed by atoms with van der Waals surface area (Å²) < 4.78 is 2.08. The van der Waals surface area contributed by atoms with Gasteiger partial charge in [0.1, 0.15) is 0 Å². The average molecular weight is 234 g/mol. The summed E-state index contributed by atoms with van der Waals surface area (Å²) in [6.07, 6.45) is 9.88. The lowest BCUT2D eigenvalue weighted by Gasteiger charge is -2.33. The Balaban J connectivity index is 1.73. The molecule has 1 aliphatic heterocycles. The number of nitrogens with one attached hydrogen (secondary N) is 1. The number of piperidine rings is 1. The van der Waals surface area contributed by atoms with Crippen LogP contribution in [0.5, 0.6) is 0 Å². The molecule has 3 rings (SSSR count). The van der Waals surface area contributed by atoms with Gasteiger partial charge in [-0.05, 0) is 38.0 Å². The van der Waals surface area contributed by atoms with Gasteiger partial charge in [-0.2, -0.15) is 0 Å². The summed E-state index contributed by atoms with van der Waals surface area (Å²) >= 11 is 0. The molecule has 0 bridgehead atoms. The SMILES string of the molecule is CCCn1nncc1C1CCC2CCCC2N1. The van der Waals surface area contributed by atoms with Gasteiger partial charge in [0.25, 0.3) is 0 Å². The van der Waals surface area contributed by atoms with Crippen LogP contribution in [0.25, 0.3) is 0 Å². The number of fused-ring (bicyclic) bond motifs is 1. The third-order valence-electron chi connectivity index (χ3n) is 4.34. The summed E-state index contributed by atoms with van der Waals surface area (Å²) in [4.78, 5) is 0. The molecule has 0 radical (unpaired) electrons. The van der Waals surface area contributed by atoms with Crippen LogP contribution in [0, 0.1) is 5.92 Å².